The molecule has 0 spiro atoms. The standard InChI is InChI=1S/C10H13N3S/c1-7-6-8(13(2)12-7)10(11)9-4-3-5-14-9/h3-6,10H,11H2,1-2H3. The third-order valence-corrected chi connectivity index (χ3v) is 3.16. The first-order valence-electron chi connectivity index (χ1n) is 4.48. The highest BCUT2D eigenvalue weighted by atomic mass is 32.1. The van der Waals surface area contributed by atoms with E-state index in [1.54, 1.807) is 11.3 Å². The molecular formula is C10H13N3S. The van der Waals surface area contributed by atoms with Crippen molar-refractivity contribution in [2.75, 3.05) is 0 Å². The number of aromatic nitrogens is 2. The molecule has 1 unspecified atom stereocenters. The summed E-state index contributed by atoms with van der Waals surface area (Å²) in [4.78, 5) is 1.17. The first kappa shape index (κ1) is 9.43. The van der Waals surface area contributed by atoms with Crippen molar-refractivity contribution >= 4 is 11.3 Å². The van der Waals surface area contributed by atoms with E-state index in [2.05, 4.69) is 11.2 Å². The SMILES string of the molecule is Cc1cc(C(N)c2cccs2)n(C)n1. The quantitative estimate of drug-likeness (QED) is 0.816. The highest BCUT2D eigenvalue weighted by Crippen LogP contribution is 2.23. The van der Waals surface area contributed by atoms with E-state index in [4.69, 9.17) is 5.73 Å². The normalized spacial score (nSPS) is 13.1. The first-order chi connectivity index (χ1) is 6.68. The average Bonchev–Trinajstić information content (AvgIpc) is 2.73. The first-order valence-corrected chi connectivity index (χ1v) is 5.36. The minimum absolute atomic E-state index is 0.0544. The molecule has 0 saturated carbocycles. The van der Waals surface area contributed by atoms with Crippen molar-refractivity contribution in [2.45, 2.75) is 13.0 Å². The van der Waals surface area contributed by atoms with Gasteiger partial charge >= 0.3 is 0 Å². The van der Waals surface area contributed by atoms with Gasteiger partial charge in [0, 0.05) is 11.9 Å². The Balaban J connectivity index is 2.36. The molecular weight excluding hydrogens is 194 g/mol. The van der Waals surface area contributed by atoms with Crippen LogP contribution < -0.4 is 5.73 Å². The lowest BCUT2D eigenvalue weighted by Crippen LogP contribution is -2.14. The minimum Gasteiger partial charge on any atom is -0.318 e. The summed E-state index contributed by atoms with van der Waals surface area (Å²) in [5.41, 5.74) is 8.19. The molecule has 2 aromatic heterocycles. The van der Waals surface area contributed by atoms with Gasteiger partial charge in [-0.3, -0.25) is 4.68 Å². The molecule has 2 aromatic rings. The van der Waals surface area contributed by atoms with E-state index in [0.717, 1.165) is 11.4 Å². The van der Waals surface area contributed by atoms with Gasteiger partial charge in [-0.1, -0.05) is 6.07 Å². The summed E-state index contributed by atoms with van der Waals surface area (Å²) in [6, 6.07) is 6.05. The Hall–Kier alpha value is -1.13. The highest BCUT2D eigenvalue weighted by Gasteiger charge is 2.14. The molecule has 74 valence electrons. The number of thiophene rings is 1. The molecule has 0 aliphatic heterocycles. The van der Waals surface area contributed by atoms with Gasteiger partial charge in [0.15, 0.2) is 0 Å². The fourth-order valence-corrected chi connectivity index (χ4v) is 2.27. The fraction of sp³-hybridized carbons (Fsp3) is 0.300. The van der Waals surface area contributed by atoms with Crippen molar-refractivity contribution in [3.63, 3.8) is 0 Å². The summed E-state index contributed by atoms with van der Waals surface area (Å²) in [6.45, 7) is 1.98. The molecule has 0 radical (unpaired) electrons. The zero-order valence-corrected chi connectivity index (χ0v) is 9.08. The monoisotopic (exact) mass is 207 g/mol. The van der Waals surface area contributed by atoms with Crippen LogP contribution in [0, 0.1) is 6.92 Å². The number of aryl methyl sites for hydroxylation is 2. The van der Waals surface area contributed by atoms with Gasteiger partial charge in [0.2, 0.25) is 0 Å². The molecule has 2 N–H and O–H groups in total. The van der Waals surface area contributed by atoms with Gasteiger partial charge in [0.25, 0.3) is 0 Å². The Morgan fingerprint density at radius 1 is 1.57 bits per heavy atom. The second kappa shape index (κ2) is 3.55. The molecule has 0 bridgehead atoms. The van der Waals surface area contributed by atoms with Gasteiger partial charge in [-0.25, -0.2) is 0 Å². The van der Waals surface area contributed by atoms with E-state index in [1.165, 1.54) is 4.88 Å². The second-order valence-corrected chi connectivity index (χ2v) is 4.31. The van der Waals surface area contributed by atoms with E-state index < -0.39 is 0 Å². The number of hydrogen-bond acceptors (Lipinski definition) is 3. The molecule has 0 fully saturated rings. The lowest BCUT2D eigenvalue weighted by atomic mass is 10.2. The topological polar surface area (TPSA) is 43.8 Å². The van der Waals surface area contributed by atoms with Crippen LogP contribution in [-0.2, 0) is 7.05 Å². The zero-order chi connectivity index (χ0) is 10.1. The van der Waals surface area contributed by atoms with Gasteiger partial charge in [-0.15, -0.1) is 11.3 Å². The summed E-state index contributed by atoms with van der Waals surface area (Å²) >= 11 is 1.68. The molecule has 0 saturated heterocycles. The summed E-state index contributed by atoms with van der Waals surface area (Å²) in [5.74, 6) is 0. The van der Waals surface area contributed by atoms with E-state index >= 15 is 0 Å². The lowest BCUT2D eigenvalue weighted by Gasteiger charge is -2.09. The summed E-state index contributed by atoms with van der Waals surface area (Å²) in [6.07, 6.45) is 0. The molecule has 1 atom stereocenters. The van der Waals surface area contributed by atoms with Gasteiger partial charge in [0.1, 0.15) is 0 Å². The minimum atomic E-state index is -0.0544. The van der Waals surface area contributed by atoms with E-state index in [1.807, 2.05) is 36.2 Å². The van der Waals surface area contributed by atoms with Crippen LogP contribution in [-0.4, -0.2) is 9.78 Å². The van der Waals surface area contributed by atoms with Gasteiger partial charge in [-0.05, 0) is 24.4 Å². The van der Waals surface area contributed by atoms with Crippen LogP contribution in [0.25, 0.3) is 0 Å². The Kier molecular flexibility index (Phi) is 2.39. The molecule has 3 nitrogen and oxygen atoms in total. The lowest BCUT2D eigenvalue weighted by molar-refractivity contribution is 0.674. The number of nitrogens with zero attached hydrogens (tertiary/aromatic N) is 2. The van der Waals surface area contributed by atoms with Gasteiger partial charge in [0.05, 0.1) is 17.4 Å². The van der Waals surface area contributed by atoms with Crippen LogP contribution >= 0.6 is 11.3 Å². The summed E-state index contributed by atoms with van der Waals surface area (Å²) in [7, 11) is 1.93. The predicted octanol–water partition coefficient (Wildman–Crippen LogP) is 1.84. The number of rotatable bonds is 2. The van der Waals surface area contributed by atoms with E-state index in [0.29, 0.717) is 0 Å². The third kappa shape index (κ3) is 1.58. The molecule has 0 amide bonds. The van der Waals surface area contributed by atoms with Crippen LogP contribution in [0.15, 0.2) is 23.6 Å². The van der Waals surface area contributed by atoms with Crippen LogP contribution in [0.3, 0.4) is 0 Å². The smallest absolute Gasteiger partial charge is 0.0816 e. The number of nitrogens with two attached hydrogens (primary N) is 1. The Morgan fingerprint density at radius 3 is 2.86 bits per heavy atom. The molecule has 0 aliphatic carbocycles. The van der Waals surface area contributed by atoms with E-state index in [-0.39, 0.29) is 6.04 Å². The summed E-state index contributed by atoms with van der Waals surface area (Å²) < 4.78 is 1.85. The van der Waals surface area contributed by atoms with Crippen molar-refractivity contribution in [1.29, 1.82) is 0 Å². The molecule has 4 heteroatoms. The second-order valence-electron chi connectivity index (χ2n) is 3.33. The fourth-order valence-electron chi connectivity index (χ4n) is 1.54. The highest BCUT2D eigenvalue weighted by molar-refractivity contribution is 7.10. The van der Waals surface area contributed by atoms with Gasteiger partial charge in [-0.2, -0.15) is 5.10 Å². The largest absolute Gasteiger partial charge is 0.318 e. The maximum absolute atomic E-state index is 6.12. The van der Waals surface area contributed by atoms with Crippen molar-refractivity contribution in [3.8, 4) is 0 Å². The predicted molar refractivity (Wildman–Crippen MR) is 58.3 cm³/mol. The van der Waals surface area contributed by atoms with Crippen LogP contribution in [0.4, 0.5) is 0 Å². The van der Waals surface area contributed by atoms with Crippen LogP contribution in [0.2, 0.25) is 0 Å². The van der Waals surface area contributed by atoms with Crippen molar-refractivity contribution in [1.82, 2.24) is 9.78 Å². The van der Waals surface area contributed by atoms with Crippen molar-refractivity contribution in [3.05, 3.63) is 39.8 Å². The average molecular weight is 207 g/mol. The number of hydrogen-bond donors (Lipinski definition) is 1. The van der Waals surface area contributed by atoms with Crippen molar-refractivity contribution in [2.24, 2.45) is 12.8 Å². The Bertz CT molecular complexity index is 417. The third-order valence-electron chi connectivity index (χ3n) is 2.21. The maximum atomic E-state index is 6.12. The Morgan fingerprint density at radius 2 is 2.36 bits per heavy atom. The maximum Gasteiger partial charge on any atom is 0.0816 e. The molecule has 0 aromatic carbocycles. The zero-order valence-electron chi connectivity index (χ0n) is 8.27. The molecule has 2 heterocycles. The van der Waals surface area contributed by atoms with Crippen LogP contribution in [0.1, 0.15) is 22.3 Å². The molecule has 2 rings (SSSR count). The Labute approximate surface area is 87.2 Å². The van der Waals surface area contributed by atoms with Gasteiger partial charge < -0.3 is 5.73 Å². The van der Waals surface area contributed by atoms with Crippen molar-refractivity contribution < 1.29 is 0 Å². The molecule has 0 aliphatic rings. The molecule has 14 heavy (non-hydrogen) atoms. The van der Waals surface area contributed by atoms with E-state index in [9.17, 15) is 0 Å². The summed E-state index contributed by atoms with van der Waals surface area (Å²) in [5, 5.41) is 6.32. The van der Waals surface area contributed by atoms with Crippen LogP contribution in [0.5, 0.6) is 0 Å².